The van der Waals surface area contributed by atoms with E-state index in [-0.39, 0.29) is 6.61 Å². The second-order valence-corrected chi connectivity index (χ2v) is 9.84. The molecule has 40 heavy (non-hydrogen) atoms. The number of rotatable bonds is 12. The Hall–Kier alpha value is -3.36. The van der Waals surface area contributed by atoms with Crippen molar-refractivity contribution in [2.24, 2.45) is 0 Å². The Balaban J connectivity index is 2.27. The van der Waals surface area contributed by atoms with Gasteiger partial charge in [0.25, 0.3) is 0 Å². The smallest absolute Gasteiger partial charge is 0.463 e. The van der Waals surface area contributed by atoms with E-state index in [1.54, 1.807) is 30.3 Å². The highest BCUT2D eigenvalue weighted by molar-refractivity contribution is 7.47. The maximum atomic E-state index is 12.9. The van der Waals surface area contributed by atoms with Crippen molar-refractivity contribution in [2.45, 2.75) is 78.0 Å². The average molecular weight is 590 g/mol. The van der Waals surface area contributed by atoms with E-state index >= 15 is 0 Å². The number of esters is 5. The quantitative estimate of drug-likeness (QED) is 0.208. The summed E-state index contributed by atoms with van der Waals surface area (Å²) in [6, 6.07) is 8.62. The first kappa shape index (κ1) is 32.8. The summed E-state index contributed by atoms with van der Waals surface area (Å²) in [6.07, 6.45) is -9.95. The average Bonchev–Trinajstić information content (AvgIpc) is 2.84. The van der Waals surface area contributed by atoms with Gasteiger partial charge in [-0.2, -0.15) is 0 Å². The van der Waals surface area contributed by atoms with E-state index in [1.165, 1.54) is 0 Å². The molecule has 0 spiro atoms. The first-order valence-electron chi connectivity index (χ1n) is 11.9. The Morgan fingerprint density at radius 2 is 1.40 bits per heavy atom. The molecule has 0 amide bonds. The zero-order chi connectivity index (χ0) is 30.0. The third-order valence-corrected chi connectivity index (χ3v) is 6.09. The summed E-state index contributed by atoms with van der Waals surface area (Å²) in [7, 11) is -5.19. The van der Waals surface area contributed by atoms with Crippen molar-refractivity contribution >= 4 is 37.7 Å². The molecule has 0 aliphatic carbocycles. The summed E-state index contributed by atoms with van der Waals surface area (Å²) >= 11 is 0. The molecular weight excluding hydrogens is 559 g/mol. The van der Waals surface area contributed by atoms with Gasteiger partial charge in [-0.3, -0.25) is 28.2 Å². The van der Waals surface area contributed by atoms with E-state index in [0.29, 0.717) is 5.56 Å². The van der Waals surface area contributed by atoms with Crippen molar-refractivity contribution in [3.05, 3.63) is 35.9 Å². The molecule has 1 aliphatic rings. The molecule has 2 unspecified atom stereocenters. The lowest BCUT2D eigenvalue weighted by Crippen LogP contribution is -2.62. The number of ether oxygens (including phenoxy) is 6. The van der Waals surface area contributed by atoms with Gasteiger partial charge in [0.2, 0.25) is 6.29 Å². The van der Waals surface area contributed by atoms with Gasteiger partial charge in [0.15, 0.2) is 24.4 Å². The largest absolute Gasteiger partial charge is 0.475 e. The highest BCUT2D eigenvalue weighted by Crippen LogP contribution is 2.48. The molecule has 0 radical (unpaired) electrons. The molecule has 1 aromatic carbocycles. The number of hydrogen-bond donors (Lipinski definition) is 1. The number of carbonyl (C=O) groups is 5. The predicted molar refractivity (Wildman–Crippen MR) is 130 cm³/mol. The molecule has 222 valence electrons. The number of benzene rings is 1. The second kappa shape index (κ2) is 14.9. The van der Waals surface area contributed by atoms with Gasteiger partial charge in [0, 0.05) is 27.7 Å². The Kier molecular flexibility index (Phi) is 12.2. The van der Waals surface area contributed by atoms with E-state index < -0.39 is 81.1 Å². The summed E-state index contributed by atoms with van der Waals surface area (Å²) in [5, 5.41) is 0. The summed E-state index contributed by atoms with van der Waals surface area (Å²) in [4.78, 5) is 69.7. The molecule has 1 saturated heterocycles. The van der Waals surface area contributed by atoms with Crippen LogP contribution >= 0.6 is 7.82 Å². The molecule has 2 rings (SSSR count). The first-order chi connectivity index (χ1) is 18.7. The minimum absolute atomic E-state index is 0.135. The third kappa shape index (κ3) is 10.7. The molecule has 1 aromatic rings. The zero-order valence-corrected chi connectivity index (χ0v) is 23.3. The Morgan fingerprint density at radius 3 is 1.95 bits per heavy atom. The number of phosphoric ester groups is 1. The standard InChI is InChI=1S/C24H31O15P/c1-13(23(29)33-11-18-9-7-6-8-10-18)38-40(30,31)39-24-22(36-17(5)28)21(35-16(4)27)20(34-15(3)26)19(37-24)12-32-14(2)25/h6-10,13,19-22,24H,11-12H2,1-5H3,(H,30,31)/t13?,19-,20-,21+,22-,24+/m1/s1. The molecule has 7 atom stereocenters. The van der Waals surface area contributed by atoms with Crippen LogP contribution in [0, 0.1) is 0 Å². The van der Waals surface area contributed by atoms with Gasteiger partial charge in [-0.15, -0.1) is 0 Å². The Labute approximate surface area is 229 Å². The van der Waals surface area contributed by atoms with Gasteiger partial charge < -0.3 is 33.3 Å². The molecule has 1 aliphatic heterocycles. The van der Waals surface area contributed by atoms with Gasteiger partial charge in [-0.1, -0.05) is 30.3 Å². The first-order valence-corrected chi connectivity index (χ1v) is 13.4. The van der Waals surface area contributed by atoms with Gasteiger partial charge in [0.1, 0.15) is 19.3 Å². The van der Waals surface area contributed by atoms with Crippen molar-refractivity contribution in [1.82, 2.24) is 0 Å². The van der Waals surface area contributed by atoms with Crippen LogP contribution in [0.4, 0.5) is 0 Å². The summed E-state index contributed by atoms with van der Waals surface area (Å²) in [6.45, 7) is 4.51. The zero-order valence-electron chi connectivity index (χ0n) is 22.4. The third-order valence-electron chi connectivity index (χ3n) is 5.03. The molecule has 16 heteroatoms. The molecule has 0 aromatic heterocycles. The topological polar surface area (TPSA) is 196 Å². The number of hydrogen-bond acceptors (Lipinski definition) is 14. The van der Waals surface area contributed by atoms with Crippen LogP contribution in [0.25, 0.3) is 0 Å². The summed E-state index contributed by atoms with van der Waals surface area (Å²) in [5.41, 5.74) is 0.656. The van der Waals surface area contributed by atoms with E-state index in [4.69, 9.17) is 37.5 Å². The highest BCUT2D eigenvalue weighted by atomic mass is 31.2. The molecular formula is C24H31O15P. The van der Waals surface area contributed by atoms with Crippen LogP contribution in [0.2, 0.25) is 0 Å². The number of carbonyl (C=O) groups excluding carboxylic acids is 5. The van der Waals surface area contributed by atoms with Crippen LogP contribution in [0.5, 0.6) is 0 Å². The molecule has 1 N–H and O–H groups in total. The number of phosphoric acid groups is 1. The summed E-state index contributed by atoms with van der Waals surface area (Å²) in [5.74, 6) is -4.48. The van der Waals surface area contributed by atoms with Crippen molar-refractivity contribution in [2.75, 3.05) is 6.61 Å². The fourth-order valence-corrected chi connectivity index (χ4v) is 4.49. The van der Waals surface area contributed by atoms with Crippen molar-refractivity contribution in [3.63, 3.8) is 0 Å². The molecule has 0 bridgehead atoms. The lowest BCUT2D eigenvalue weighted by atomic mass is 9.98. The van der Waals surface area contributed by atoms with E-state index in [2.05, 4.69) is 0 Å². The van der Waals surface area contributed by atoms with Gasteiger partial charge >= 0.3 is 37.7 Å². The van der Waals surface area contributed by atoms with Crippen LogP contribution in [0.15, 0.2) is 30.3 Å². The lowest BCUT2D eigenvalue weighted by Gasteiger charge is -2.44. The summed E-state index contributed by atoms with van der Waals surface area (Å²) < 4.78 is 54.0. The molecule has 15 nitrogen and oxygen atoms in total. The lowest BCUT2D eigenvalue weighted by molar-refractivity contribution is -0.291. The van der Waals surface area contributed by atoms with Crippen LogP contribution in [-0.4, -0.2) is 78.2 Å². The van der Waals surface area contributed by atoms with Crippen molar-refractivity contribution in [1.29, 1.82) is 0 Å². The van der Waals surface area contributed by atoms with Gasteiger partial charge in [0.05, 0.1) is 0 Å². The SMILES string of the molecule is CC(=O)OC[C@H]1O[C@@H](OP(=O)(O)OC(C)C(=O)OCc2ccccc2)[C@H](OC(C)=O)[C@@H](OC(C)=O)[C@@H]1OC(C)=O. The van der Waals surface area contributed by atoms with Crippen LogP contribution in [-0.2, 0) is 72.6 Å². The normalized spacial score (nSPS) is 24.5. The minimum Gasteiger partial charge on any atom is -0.463 e. The fourth-order valence-electron chi connectivity index (χ4n) is 3.52. The van der Waals surface area contributed by atoms with Crippen LogP contribution < -0.4 is 0 Å². The van der Waals surface area contributed by atoms with Crippen LogP contribution in [0.1, 0.15) is 40.2 Å². The molecule has 1 heterocycles. The predicted octanol–water partition coefficient (Wildman–Crippen LogP) is 1.33. The minimum atomic E-state index is -5.19. The van der Waals surface area contributed by atoms with Gasteiger partial charge in [-0.25, -0.2) is 9.36 Å². The van der Waals surface area contributed by atoms with Crippen molar-refractivity contribution in [3.8, 4) is 0 Å². The monoisotopic (exact) mass is 590 g/mol. The van der Waals surface area contributed by atoms with Crippen molar-refractivity contribution < 1.29 is 70.9 Å². The fraction of sp³-hybridized carbons (Fsp3) is 0.542. The Bertz CT molecular complexity index is 1110. The van der Waals surface area contributed by atoms with E-state index in [0.717, 1.165) is 34.6 Å². The maximum Gasteiger partial charge on any atom is 0.475 e. The second-order valence-electron chi connectivity index (χ2n) is 8.48. The maximum absolute atomic E-state index is 12.9. The van der Waals surface area contributed by atoms with E-state index in [9.17, 15) is 33.4 Å². The van der Waals surface area contributed by atoms with E-state index in [1.807, 2.05) is 0 Å². The van der Waals surface area contributed by atoms with Gasteiger partial charge in [-0.05, 0) is 12.5 Å². The molecule has 0 saturated carbocycles. The Morgan fingerprint density at radius 1 is 0.850 bits per heavy atom. The molecule has 1 fully saturated rings. The van der Waals surface area contributed by atoms with Crippen LogP contribution in [0.3, 0.4) is 0 Å². The highest BCUT2D eigenvalue weighted by Gasteiger charge is 2.54.